The molecule has 1 unspecified atom stereocenters. The van der Waals surface area contributed by atoms with Crippen molar-refractivity contribution in [1.82, 2.24) is 10.2 Å². The molecule has 0 radical (unpaired) electrons. The summed E-state index contributed by atoms with van der Waals surface area (Å²) in [7, 11) is -4.11. The third kappa shape index (κ3) is 7.36. The molecule has 1 N–H and O–H groups in total. The Morgan fingerprint density at radius 3 is 2.11 bits per heavy atom. The Labute approximate surface area is 230 Å². The minimum absolute atomic E-state index is 0.0589. The number of anilines is 1. The molecule has 3 rings (SSSR count). The number of hydrogen-bond acceptors (Lipinski definition) is 4. The zero-order valence-electron chi connectivity index (χ0n) is 22.1. The lowest BCUT2D eigenvalue weighted by molar-refractivity contribution is -0.139. The van der Waals surface area contributed by atoms with Crippen molar-refractivity contribution in [2.75, 3.05) is 17.4 Å². The molecule has 0 aromatic heterocycles. The van der Waals surface area contributed by atoms with Crippen molar-refractivity contribution in [1.29, 1.82) is 0 Å². The second-order valence-corrected chi connectivity index (χ2v) is 11.7. The Hall–Kier alpha value is -3.36. The number of carbonyl (C=O) groups is 2. The Bertz CT molecular complexity index is 1350. The summed E-state index contributed by atoms with van der Waals surface area (Å²) in [4.78, 5) is 28.3. The summed E-state index contributed by atoms with van der Waals surface area (Å²) in [5.41, 5.74) is 1.95. The van der Waals surface area contributed by atoms with Crippen LogP contribution in [0, 0.1) is 6.92 Å². The normalized spacial score (nSPS) is 12.2. The molecule has 0 heterocycles. The van der Waals surface area contributed by atoms with E-state index in [2.05, 4.69) is 5.32 Å². The van der Waals surface area contributed by atoms with Crippen LogP contribution in [0.4, 0.5) is 5.69 Å². The summed E-state index contributed by atoms with van der Waals surface area (Å²) < 4.78 is 28.7. The van der Waals surface area contributed by atoms with Crippen LogP contribution in [0.15, 0.2) is 83.8 Å². The summed E-state index contributed by atoms with van der Waals surface area (Å²) in [6.07, 6.45) is 0.511. The highest BCUT2D eigenvalue weighted by molar-refractivity contribution is 7.92. The fourth-order valence-corrected chi connectivity index (χ4v) is 5.83. The van der Waals surface area contributed by atoms with Gasteiger partial charge in [0.1, 0.15) is 12.6 Å². The van der Waals surface area contributed by atoms with E-state index < -0.39 is 28.5 Å². The third-order valence-corrected chi connectivity index (χ3v) is 8.13. The van der Waals surface area contributed by atoms with Crippen molar-refractivity contribution in [2.24, 2.45) is 0 Å². The molecule has 0 aliphatic heterocycles. The lowest BCUT2D eigenvalue weighted by atomic mass is 10.1. The average molecular weight is 556 g/mol. The van der Waals surface area contributed by atoms with Crippen LogP contribution in [-0.2, 0) is 26.0 Å². The molecule has 2 amide bonds. The first-order chi connectivity index (χ1) is 18.0. The van der Waals surface area contributed by atoms with Crippen molar-refractivity contribution in [3.8, 4) is 0 Å². The molecule has 3 aromatic rings. The van der Waals surface area contributed by atoms with E-state index >= 15 is 0 Å². The fourth-order valence-electron chi connectivity index (χ4n) is 4.11. The highest BCUT2D eigenvalue weighted by atomic mass is 35.5. The second-order valence-electron chi connectivity index (χ2n) is 9.42. The molecule has 0 aliphatic carbocycles. The minimum Gasteiger partial charge on any atom is -0.352 e. The molecule has 7 nitrogen and oxygen atoms in total. The van der Waals surface area contributed by atoms with Crippen LogP contribution in [0.5, 0.6) is 0 Å². The van der Waals surface area contributed by atoms with E-state index in [-0.39, 0.29) is 23.4 Å². The zero-order chi connectivity index (χ0) is 27.9. The maximum Gasteiger partial charge on any atom is 0.264 e. The van der Waals surface area contributed by atoms with Crippen molar-refractivity contribution in [2.45, 2.75) is 51.1 Å². The van der Waals surface area contributed by atoms with Crippen LogP contribution in [0.1, 0.15) is 31.9 Å². The van der Waals surface area contributed by atoms with E-state index in [9.17, 15) is 18.0 Å². The molecule has 202 valence electrons. The summed E-state index contributed by atoms with van der Waals surface area (Å²) in [5.74, 6) is -0.789. The number of aryl methyl sites for hydroxylation is 1. The van der Waals surface area contributed by atoms with Gasteiger partial charge in [0, 0.05) is 17.6 Å². The smallest absolute Gasteiger partial charge is 0.264 e. The van der Waals surface area contributed by atoms with E-state index in [1.54, 1.807) is 50.2 Å². The first-order valence-electron chi connectivity index (χ1n) is 12.5. The monoisotopic (exact) mass is 555 g/mol. The van der Waals surface area contributed by atoms with Crippen LogP contribution >= 0.6 is 11.6 Å². The molecule has 3 aromatic carbocycles. The molecule has 0 saturated heterocycles. The van der Waals surface area contributed by atoms with Gasteiger partial charge in [-0.2, -0.15) is 0 Å². The van der Waals surface area contributed by atoms with Gasteiger partial charge >= 0.3 is 0 Å². The molecule has 0 spiro atoms. The lowest BCUT2D eigenvalue weighted by Gasteiger charge is -2.32. The van der Waals surface area contributed by atoms with Crippen LogP contribution in [0.25, 0.3) is 0 Å². The van der Waals surface area contributed by atoms with Gasteiger partial charge < -0.3 is 10.2 Å². The number of nitrogens with one attached hydrogen (secondary N) is 1. The Balaban J connectivity index is 2.00. The number of sulfonamides is 1. The van der Waals surface area contributed by atoms with Gasteiger partial charge in [-0.1, -0.05) is 60.1 Å². The van der Waals surface area contributed by atoms with Crippen molar-refractivity contribution in [3.63, 3.8) is 0 Å². The van der Waals surface area contributed by atoms with E-state index in [4.69, 9.17) is 11.6 Å². The maximum atomic E-state index is 13.8. The highest BCUT2D eigenvalue weighted by Gasteiger charge is 2.33. The van der Waals surface area contributed by atoms with Gasteiger partial charge in [-0.25, -0.2) is 8.42 Å². The van der Waals surface area contributed by atoms with Gasteiger partial charge in [-0.05, 0) is 75.6 Å². The molecule has 0 fully saturated rings. The number of halogens is 1. The fraction of sp³-hybridized carbons (Fsp3) is 0.310. The summed E-state index contributed by atoms with van der Waals surface area (Å²) in [6, 6.07) is 21.5. The SMILES string of the molecule is Cc1cc(Cl)ccc1N(CC(=O)N(CCc1ccccc1)C(C)C(=O)NC(C)C)S(=O)(=O)c1ccccc1. The molecule has 0 bridgehead atoms. The summed E-state index contributed by atoms with van der Waals surface area (Å²) in [6.45, 7) is 6.86. The zero-order valence-corrected chi connectivity index (χ0v) is 23.7. The third-order valence-electron chi connectivity index (χ3n) is 6.12. The van der Waals surface area contributed by atoms with Crippen molar-refractivity contribution in [3.05, 3.63) is 95.0 Å². The molecule has 38 heavy (non-hydrogen) atoms. The van der Waals surface area contributed by atoms with Crippen LogP contribution in [0.3, 0.4) is 0 Å². The maximum absolute atomic E-state index is 13.8. The second kappa shape index (κ2) is 12.9. The molecular weight excluding hydrogens is 522 g/mol. The lowest BCUT2D eigenvalue weighted by Crippen LogP contribution is -2.53. The highest BCUT2D eigenvalue weighted by Crippen LogP contribution is 2.29. The molecule has 0 saturated carbocycles. The summed E-state index contributed by atoms with van der Waals surface area (Å²) >= 11 is 6.14. The van der Waals surface area contributed by atoms with E-state index in [1.165, 1.54) is 17.0 Å². The molecular formula is C29H34ClN3O4S. The van der Waals surface area contributed by atoms with Gasteiger partial charge in [0.25, 0.3) is 10.0 Å². The van der Waals surface area contributed by atoms with Gasteiger partial charge in [0.05, 0.1) is 10.6 Å². The predicted octanol–water partition coefficient (Wildman–Crippen LogP) is 4.83. The topological polar surface area (TPSA) is 86.8 Å². The number of hydrogen-bond donors (Lipinski definition) is 1. The van der Waals surface area contributed by atoms with Crippen molar-refractivity contribution >= 4 is 39.1 Å². The number of carbonyl (C=O) groups excluding carboxylic acids is 2. The van der Waals surface area contributed by atoms with E-state index in [1.807, 2.05) is 44.2 Å². The van der Waals surface area contributed by atoms with Gasteiger partial charge in [-0.3, -0.25) is 13.9 Å². The Kier molecular flexibility index (Phi) is 9.94. The number of nitrogens with zero attached hydrogens (tertiary/aromatic N) is 2. The minimum atomic E-state index is -4.11. The Morgan fingerprint density at radius 1 is 0.921 bits per heavy atom. The summed E-state index contributed by atoms with van der Waals surface area (Å²) in [5, 5.41) is 3.31. The van der Waals surface area contributed by atoms with Crippen LogP contribution in [0.2, 0.25) is 5.02 Å². The average Bonchev–Trinajstić information content (AvgIpc) is 2.88. The predicted molar refractivity (Wildman–Crippen MR) is 152 cm³/mol. The van der Waals surface area contributed by atoms with Crippen LogP contribution in [-0.4, -0.2) is 50.3 Å². The molecule has 1 atom stereocenters. The largest absolute Gasteiger partial charge is 0.352 e. The van der Waals surface area contributed by atoms with Gasteiger partial charge in [0.2, 0.25) is 11.8 Å². The van der Waals surface area contributed by atoms with E-state index in [0.717, 1.165) is 9.87 Å². The van der Waals surface area contributed by atoms with Crippen LogP contribution < -0.4 is 9.62 Å². The van der Waals surface area contributed by atoms with Gasteiger partial charge in [-0.15, -0.1) is 0 Å². The number of amides is 2. The first-order valence-corrected chi connectivity index (χ1v) is 14.3. The number of benzene rings is 3. The first kappa shape index (κ1) is 29.2. The van der Waals surface area contributed by atoms with E-state index in [0.29, 0.717) is 22.7 Å². The molecule has 9 heteroatoms. The number of rotatable bonds is 11. The van der Waals surface area contributed by atoms with Gasteiger partial charge in [0.15, 0.2) is 0 Å². The standard InChI is InChI=1S/C29H34ClN3O4S/c1-21(2)31-29(35)23(4)32(18-17-24-11-7-5-8-12-24)28(34)20-33(27-16-15-25(30)19-22(27)3)38(36,37)26-13-9-6-10-14-26/h5-16,19,21,23H,17-18,20H2,1-4H3,(H,31,35). The quantitative estimate of drug-likeness (QED) is 0.367. The Morgan fingerprint density at radius 2 is 1.53 bits per heavy atom. The van der Waals surface area contributed by atoms with Crippen molar-refractivity contribution < 1.29 is 18.0 Å². The molecule has 0 aliphatic rings.